The van der Waals surface area contributed by atoms with Gasteiger partial charge in [0.15, 0.2) is 0 Å². The van der Waals surface area contributed by atoms with Gasteiger partial charge < -0.3 is 9.64 Å². The molecule has 0 unspecified atom stereocenters. The van der Waals surface area contributed by atoms with Crippen LogP contribution in [0.2, 0.25) is 0 Å². The fraction of sp³-hybridized carbons (Fsp3) is 0.455. The van der Waals surface area contributed by atoms with Crippen LogP contribution in [0.25, 0.3) is 0 Å². The number of hydrogen-bond acceptors (Lipinski definition) is 2. The van der Waals surface area contributed by atoms with Gasteiger partial charge in [-0.1, -0.05) is 12.1 Å². The molecule has 0 aliphatic carbocycles. The summed E-state index contributed by atoms with van der Waals surface area (Å²) in [6, 6.07) is 9.00. The highest BCUT2D eigenvalue weighted by molar-refractivity contribution is 5.57. The molecule has 13 heavy (non-hydrogen) atoms. The highest BCUT2D eigenvalue weighted by Crippen LogP contribution is 2.26. The zero-order valence-corrected chi connectivity index (χ0v) is 8.50. The van der Waals surface area contributed by atoms with Gasteiger partial charge in [-0.2, -0.15) is 0 Å². The fourth-order valence-electron chi connectivity index (χ4n) is 1.36. The van der Waals surface area contributed by atoms with Crippen LogP contribution >= 0.6 is 0 Å². The Bertz CT molecular complexity index is 256. The smallest absolute Gasteiger partial charge is 0.142 e. The lowest BCUT2D eigenvalue weighted by Crippen LogP contribution is -2.22. The first-order valence-electron chi connectivity index (χ1n) is 4.63. The summed E-state index contributed by atoms with van der Waals surface area (Å²) in [7, 11) is 1.69. The lowest BCUT2D eigenvalue weighted by atomic mass is 10.2. The van der Waals surface area contributed by atoms with E-state index in [1.807, 2.05) is 18.2 Å². The summed E-state index contributed by atoms with van der Waals surface area (Å²) < 4.78 is 5.26. The van der Waals surface area contributed by atoms with Gasteiger partial charge >= 0.3 is 0 Å². The third kappa shape index (κ3) is 2.14. The summed E-state index contributed by atoms with van der Waals surface area (Å²) in [5.41, 5.74) is 1.05. The van der Waals surface area contributed by atoms with E-state index in [2.05, 4.69) is 24.8 Å². The van der Waals surface area contributed by atoms with Gasteiger partial charge in [0, 0.05) is 19.2 Å². The van der Waals surface area contributed by atoms with Crippen molar-refractivity contribution in [2.75, 3.05) is 25.1 Å². The quantitative estimate of drug-likeness (QED) is 0.701. The van der Waals surface area contributed by atoms with Crippen molar-refractivity contribution in [3.05, 3.63) is 24.3 Å². The molecule has 0 aliphatic rings. The first-order valence-corrected chi connectivity index (χ1v) is 4.63. The maximum Gasteiger partial charge on any atom is 0.142 e. The first kappa shape index (κ1) is 9.90. The molecule has 0 amide bonds. The average molecular weight is 178 g/mol. The minimum absolute atomic E-state index is 0.895. The lowest BCUT2D eigenvalue weighted by Gasteiger charge is -2.22. The van der Waals surface area contributed by atoms with Crippen LogP contribution in [0, 0.1) is 6.07 Å². The number of benzene rings is 1. The van der Waals surface area contributed by atoms with Crippen molar-refractivity contribution in [2.45, 2.75) is 13.8 Å². The van der Waals surface area contributed by atoms with Crippen molar-refractivity contribution in [1.29, 1.82) is 0 Å². The summed E-state index contributed by atoms with van der Waals surface area (Å²) >= 11 is 0. The molecule has 0 saturated heterocycles. The predicted molar refractivity (Wildman–Crippen MR) is 55.4 cm³/mol. The van der Waals surface area contributed by atoms with Gasteiger partial charge in [0.1, 0.15) is 5.75 Å². The second-order valence-corrected chi connectivity index (χ2v) is 2.76. The summed E-state index contributed by atoms with van der Waals surface area (Å²) in [4.78, 5) is 2.22. The number of nitrogens with zero attached hydrogens (tertiary/aromatic N) is 1. The highest BCUT2D eigenvalue weighted by Gasteiger charge is 2.06. The minimum Gasteiger partial charge on any atom is -0.495 e. The molecule has 0 aromatic heterocycles. The van der Waals surface area contributed by atoms with E-state index >= 15 is 0 Å². The molecular weight excluding hydrogens is 162 g/mol. The van der Waals surface area contributed by atoms with Crippen LogP contribution in [0.3, 0.4) is 0 Å². The summed E-state index contributed by atoms with van der Waals surface area (Å²) in [6.45, 7) is 6.22. The van der Waals surface area contributed by atoms with Gasteiger partial charge in [-0.15, -0.1) is 0 Å². The van der Waals surface area contributed by atoms with Crippen molar-refractivity contribution in [3.8, 4) is 5.75 Å². The predicted octanol–water partition coefficient (Wildman–Crippen LogP) is 2.34. The minimum atomic E-state index is 0.895. The molecule has 0 heterocycles. The molecule has 0 N–H and O–H groups in total. The van der Waals surface area contributed by atoms with E-state index in [0.29, 0.717) is 0 Å². The number of hydrogen-bond donors (Lipinski definition) is 0. The van der Waals surface area contributed by atoms with Crippen molar-refractivity contribution < 1.29 is 4.74 Å². The monoisotopic (exact) mass is 178 g/mol. The van der Waals surface area contributed by atoms with Crippen LogP contribution < -0.4 is 9.64 Å². The number of ether oxygens (including phenoxy) is 1. The van der Waals surface area contributed by atoms with Crippen molar-refractivity contribution in [1.82, 2.24) is 0 Å². The molecule has 71 valence electrons. The third-order valence-electron chi connectivity index (χ3n) is 2.10. The van der Waals surface area contributed by atoms with Gasteiger partial charge in [-0.05, 0) is 19.9 Å². The Balaban J connectivity index is 2.96. The van der Waals surface area contributed by atoms with Crippen LogP contribution in [-0.4, -0.2) is 20.2 Å². The third-order valence-corrected chi connectivity index (χ3v) is 2.10. The van der Waals surface area contributed by atoms with E-state index in [0.717, 1.165) is 24.5 Å². The largest absolute Gasteiger partial charge is 0.495 e. The van der Waals surface area contributed by atoms with Crippen LogP contribution in [-0.2, 0) is 0 Å². The topological polar surface area (TPSA) is 12.5 Å². The Hall–Kier alpha value is -1.18. The van der Waals surface area contributed by atoms with Crippen LogP contribution in [0.5, 0.6) is 5.75 Å². The first-order chi connectivity index (χ1) is 6.33. The normalized spacial score (nSPS) is 9.77. The lowest BCUT2D eigenvalue weighted by molar-refractivity contribution is 0.414. The molecule has 0 bridgehead atoms. The number of para-hydroxylation sites is 1. The summed E-state index contributed by atoms with van der Waals surface area (Å²) in [5.74, 6) is 0.895. The Morgan fingerprint density at radius 2 is 2.08 bits per heavy atom. The molecule has 2 nitrogen and oxygen atoms in total. The van der Waals surface area contributed by atoms with Crippen LogP contribution in [0.15, 0.2) is 18.2 Å². The van der Waals surface area contributed by atoms with E-state index in [9.17, 15) is 0 Å². The Labute approximate surface area is 80.1 Å². The van der Waals surface area contributed by atoms with Crippen molar-refractivity contribution in [2.24, 2.45) is 0 Å². The molecule has 0 saturated carbocycles. The summed E-state index contributed by atoms with van der Waals surface area (Å²) in [5, 5.41) is 0. The van der Waals surface area contributed by atoms with Gasteiger partial charge in [0.05, 0.1) is 12.8 Å². The zero-order chi connectivity index (χ0) is 9.68. The maximum atomic E-state index is 5.26. The molecule has 0 spiro atoms. The maximum absolute atomic E-state index is 5.26. The highest BCUT2D eigenvalue weighted by atomic mass is 16.5. The molecule has 0 atom stereocenters. The Morgan fingerprint density at radius 1 is 1.38 bits per heavy atom. The van der Waals surface area contributed by atoms with Gasteiger partial charge in [-0.25, -0.2) is 0 Å². The van der Waals surface area contributed by atoms with E-state index in [1.54, 1.807) is 7.11 Å². The average Bonchev–Trinajstić information content (AvgIpc) is 2.20. The zero-order valence-electron chi connectivity index (χ0n) is 8.50. The molecule has 2 heteroatoms. The number of rotatable bonds is 4. The van der Waals surface area contributed by atoms with Crippen molar-refractivity contribution >= 4 is 5.69 Å². The number of anilines is 1. The van der Waals surface area contributed by atoms with E-state index in [1.165, 1.54) is 0 Å². The molecule has 0 aliphatic heterocycles. The van der Waals surface area contributed by atoms with E-state index in [-0.39, 0.29) is 0 Å². The molecule has 0 fully saturated rings. The fourth-order valence-corrected chi connectivity index (χ4v) is 1.36. The molecule has 1 radical (unpaired) electrons. The van der Waals surface area contributed by atoms with Crippen LogP contribution in [0.4, 0.5) is 5.69 Å². The van der Waals surface area contributed by atoms with Crippen molar-refractivity contribution in [3.63, 3.8) is 0 Å². The van der Waals surface area contributed by atoms with E-state index in [4.69, 9.17) is 4.74 Å². The summed E-state index contributed by atoms with van der Waals surface area (Å²) in [6.07, 6.45) is 0. The Kier molecular flexibility index (Phi) is 3.62. The molecule has 1 aromatic carbocycles. The SMILES string of the molecule is CCN(CC)c1[c]cccc1OC. The Morgan fingerprint density at radius 3 is 2.62 bits per heavy atom. The van der Waals surface area contributed by atoms with Gasteiger partial charge in [0.25, 0.3) is 0 Å². The molecule has 1 rings (SSSR count). The molecular formula is C11H16NO. The van der Waals surface area contributed by atoms with Gasteiger partial charge in [0.2, 0.25) is 0 Å². The number of methoxy groups -OCH3 is 1. The second kappa shape index (κ2) is 4.75. The van der Waals surface area contributed by atoms with Crippen LogP contribution in [0.1, 0.15) is 13.8 Å². The standard InChI is InChI=1S/C11H16NO/c1-4-12(5-2)10-8-6-7-9-11(10)13-3/h6-7,9H,4-5H2,1-3H3. The van der Waals surface area contributed by atoms with Gasteiger partial charge in [-0.3, -0.25) is 0 Å². The second-order valence-electron chi connectivity index (χ2n) is 2.76. The van der Waals surface area contributed by atoms with E-state index < -0.39 is 0 Å². The molecule has 1 aromatic rings.